The van der Waals surface area contributed by atoms with Crippen molar-refractivity contribution in [3.8, 4) is 0 Å². The van der Waals surface area contributed by atoms with E-state index in [0.29, 0.717) is 6.61 Å². The first kappa shape index (κ1) is 12.4. The second-order valence-corrected chi connectivity index (χ2v) is 4.78. The summed E-state index contributed by atoms with van der Waals surface area (Å²) in [6, 6.07) is 2.90. The second kappa shape index (κ2) is 5.41. The Morgan fingerprint density at radius 3 is 2.93 bits per heavy atom. The first-order chi connectivity index (χ1) is 7.08. The van der Waals surface area contributed by atoms with E-state index in [4.69, 9.17) is 16.3 Å². The molecular formula is C8H11ClN2O3S. The van der Waals surface area contributed by atoms with Gasteiger partial charge < -0.3 is 4.74 Å². The summed E-state index contributed by atoms with van der Waals surface area (Å²) in [5, 5.41) is -0.0394. The monoisotopic (exact) mass is 250 g/mol. The van der Waals surface area contributed by atoms with Gasteiger partial charge in [0.05, 0.1) is 6.61 Å². The Labute approximate surface area is 93.5 Å². The van der Waals surface area contributed by atoms with Gasteiger partial charge in [0.1, 0.15) is 10.0 Å². The molecule has 5 nitrogen and oxygen atoms in total. The van der Waals surface area contributed by atoms with Crippen LogP contribution in [-0.4, -0.2) is 33.7 Å². The fourth-order valence-electron chi connectivity index (χ4n) is 0.928. The van der Waals surface area contributed by atoms with Crippen molar-refractivity contribution in [2.45, 2.75) is 4.90 Å². The lowest BCUT2D eigenvalue weighted by Crippen LogP contribution is -2.27. The third-order valence-electron chi connectivity index (χ3n) is 1.61. The second-order valence-electron chi connectivity index (χ2n) is 2.68. The highest BCUT2D eigenvalue weighted by Crippen LogP contribution is 2.16. The quantitative estimate of drug-likeness (QED) is 0.616. The highest BCUT2D eigenvalue weighted by Gasteiger charge is 2.17. The molecule has 0 aliphatic heterocycles. The third kappa shape index (κ3) is 3.42. The van der Waals surface area contributed by atoms with Crippen LogP contribution >= 0.6 is 11.6 Å². The molecule has 84 valence electrons. The Morgan fingerprint density at radius 1 is 1.60 bits per heavy atom. The van der Waals surface area contributed by atoms with E-state index in [2.05, 4.69) is 9.71 Å². The van der Waals surface area contributed by atoms with E-state index in [9.17, 15) is 8.42 Å². The number of sulfonamides is 1. The third-order valence-corrected chi connectivity index (χ3v) is 3.52. The first-order valence-electron chi connectivity index (χ1n) is 4.17. The number of halogens is 1. The van der Waals surface area contributed by atoms with Crippen LogP contribution in [0.2, 0.25) is 5.15 Å². The summed E-state index contributed by atoms with van der Waals surface area (Å²) in [5.74, 6) is 0. The summed E-state index contributed by atoms with van der Waals surface area (Å²) in [5.41, 5.74) is 0. The van der Waals surface area contributed by atoms with E-state index in [1.165, 1.54) is 25.4 Å². The lowest BCUT2D eigenvalue weighted by atomic mass is 10.5. The van der Waals surface area contributed by atoms with Gasteiger partial charge in [-0.2, -0.15) is 0 Å². The molecule has 1 rings (SSSR count). The van der Waals surface area contributed by atoms with Crippen LogP contribution in [0.25, 0.3) is 0 Å². The number of rotatable bonds is 5. The molecular weight excluding hydrogens is 240 g/mol. The molecule has 15 heavy (non-hydrogen) atoms. The molecule has 0 amide bonds. The minimum Gasteiger partial charge on any atom is -0.383 e. The molecule has 0 fully saturated rings. The van der Waals surface area contributed by atoms with Crippen molar-refractivity contribution in [3.63, 3.8) is 0 Å². The van der Waals surface area contributed by atoms with Crippen LogP contribution in [-0.2, 0) is 14.8 Å². The Hall–Kier alpha value is -0.690. The molecule has 0 aliphatic rings. The predicted octanol–water partition coefficient (Wildman–Crippen LogP) is 0.660. The van der Waals surface area contributed by atoms with Gasteiger partial charge in [-0.05, 0) is 12.1 Å². The molecule has 0 unspecified atom stereocenters. The lowest BCUT2D eigenvalue weighted by Gasteiger charge is -2.06. The van der Waals surface area contributed by atoms with Crippen LogP contribution < -0.4 is 4.72 Å². The Kier molecular flexibility index (Phi) is 4.46. The molecule has 0 radical (unpaired) electrons. The highest BCUT2D eigenvalue weighted by molar-refractivity contribution is 7.89. The maximum absolute atomic E-state index is 11.6. The summed E-state index contributed by atoms with van der Waals surface area (Å²) in [6.45, 7) is 0.501. The van der Waals surface area contributed by atoms with Crippen LogP contribution in [0, 0.1) is 0 Å². The van der Waals surface area contributed by atoms with Crippen molar-refractivity contribution < 1.29 is 13.2 Å². The molecule has 0 saturated heterocycles. The van der Waals surface area contributed by atoms with E-state index in [-0.39, 0.29) is 16.6 Å². The average Bonchev–Trinajstić information content (AvgIpc) is 2.18. The number of ether oxygens (including phenoxy) is 1. The molecule has 0 spiro atoms. The van der Waals surface area contributed by atoms with Crippen LogP contribution in [0.1, 0.15) is 0 Å². The molecule has 1 N–H and O–H groups in total. The first-order valence-corrected chi connectivity index (χ1v) is 6.03. The Morgan fingerprint density at radius 2 is 2.33 bits per heavy atom. The normalized spacial score (nSPS) is 11.6. The maximum atomic E-state index is 11.6. The number of methoxy groups -OCH3 is 1. The summed E-state index contributed by atoms with van der Waals surface area (Å²) in [6.07, 6.45) is 1.43. The number of nitrogens with zero attached hydrogens (tertiary/aromatic N) is 1. The van der Waals surface area contributed by atoms with Crippen LogP contribution in [0.3, 0.4) is 0 Å². The number of pyridine rings is 1. The fourth-order valence-corrected chi connectivity index (χ4v) is 2.39. The summed E-state index contributed by atoms with van der Waals surface area (Å²) >= 11 is 5.66. The van der Waals surface area contributed by atoms with E-state index in [1.54, 1.807) is 0 Å². The lowest BCUT2D eigenvalue weighted by molar-refractivity contribution is 0.204. The van der Waals surface area contributed by atoms with Gasteiger partial charge in [-0.3, -0.25) is 0 Å². The summed E-state index contributed by atoms with van der Waals surface area (Å²) < 4.78 is 30.3. The van der Waals surface area contributed by atoms with E-state index in [1.807, 2.05) is 0 Å². The molecule has 0 aliphatic carbocycles. The van der Waals surface area contributed by atoms with Crippen molar-refractivity contribution in [2.24, 2.45) is 0 Å². The molecule has 0 atom stereocenters. The van der Waals surface area contributed by atoms with E-state index < -0.39 is 10.0 Å². The van der Waals surface area contributed by atoms with Crippen molar-refractivity contribution in [1.82, 2.24) is 9.71 Å². The minimum absolute atomic E-state index is 0.0252. The zero-order valence-electron chi connectivity index (χ0n) is 8.10. The Balaban J connectivity index is 2.83. The van der Waals surface area contributed by atoms with Gasteiger partial charge >= 0.3 is 0 Å². The molecule has 7 heteroatoms. The van der Waals surface area contributed by atoms with Gasteiger partial charge in [0.15, 0.2) is 0 Å². The smallest absolute Gasteiger partial charge is 0.243 e. The van der Waals surface area contributed by atoms with E-state index in [0.717, 1.165) is 0 Å². The van der Waals surface area contributed by atoms with Crippen molar-refractivity contribution in [3.05, 3.63) is 23.5 Å². The van der Waals surface area contributed by atoms with Crippen molar-refractivity contribution >= 4 is 21.6 Å². The van der Waals surface area contributed by atoms with Gasteiger partial charge in [0.25, 0.3) is 0 Å². The van der Waals surface area contributed by atoms with Gasteiger partial charge in [-0.1, -0.05) is 11.6 Å². The molecule has 1 heterocycles. The fraction of sp³-hybridized carbons (Fsp3) is 0.375. The molecule has 1 aromatic rings. The average molecular weight is 251 g/mol. The largest absolute Gasteiger partial charge is 0.383 e. The number of hydrogen-bond donors (Lipinski definition) is 1. The molecule has 0 saturated carbocycles. The zero-order chi connectivity index (χ0) is 11.3. The minimum atomic E-state index is -3.59. The maximum Gasteiger partial charge on any atom is 0.243 e. The van der Waals surface area contributed by atoms with Crippen LogP contribution in [0.5, 0.6) is 0 Å². The predicted molar refractivity (Wildman–Crippen MR) is 56.3 cm³/mol. The van der Waals surface area contributed by atoms with Gasteiger partial charge in [-0.25, -0.2) is 18.1 Å². The van der Waals surface area contributed by atoms with Crippen LogP contribution in [0.15, 0.2) is 23.2 Å². The highest BCUT2D eigenvalue weighted by atomic mass is 35.5. The standard InChI is InChI=1S/C8H11ClN2O3S/c1-14-6-5-11-15(12,13)7-3-2-4-10-8(7)9/h2-4,11H,5-6H2,1H3. The van der Waals surface area contributed by atoms with E-state index >= 15 is 0 Å². The van der Waals surface area contributed by atoms with Gasteiger partial charge in [0, 0.05) is 19.9 Å². The van der Waals surface area contributed by atoms with Gasteiger partial charge in [-0.15, -0.1) is 0 Å². The zero-order valence-corrected chi connectivity index (χ0v) is 9.68. The SMILES string of the molecule is COCCNS(=O)(=O)c1cccnc1Cl. The molecule has 0 bridgehead atoms. The summed E-state index contributed by atoms with van der Waals surface area (Å²) in [4.78, 5) is 3.66. The van der Waals surface area contributed by atoms with Crippen molar-refractivity contribution in [1.29, 1.82) is 0 Å². The topological polar surface area (TPSA) is 68.3 Å². The molecule has 1 aromatic heterocycles. The summed E-state index contributed by atoms with van der Waals surface area (Å²) in [7, 11) is -2.10. The Bertz CT molecular complexity index is 422. The number of hydrogen-bond acceptors (Lipinski definition) is 4. The molecule has 0 aromatic carbocycles. The van der Waals surface area contributed by atoms with Crippen LogP contribution in [0.4, 0.5) is 0 Å². The number of aromatic nitrogens is 1. The number of nitrogens with one attached hydrogen (secondary N) is 1. The van der Waals surface area contributed by atoms with Gasteiger partial charge in [0.2, 0.25) is 10.0 Å². The van der Waals surface area contributed by atoms with Crippen molar-refractivity contribution in [2.75, 3.05) is 20.3 Å².